The molecule has 5 rings (SSSR count). The van der Waals surface area contributed by atoms with Gasteiger partial charge in [0.15, 0.2) is 5.79 Å². The van der Waals surface area contributed by atoms with Crippen LogP contribution in [-0.2, 0) is 19.6 Å². The highest BCUT2D eigenvalue weighted by atomic mass is 16.7. The van der Waals surface area contributed by atoms with E-state index in [4.69, 9.17) is 23.9 Å². The van der Waals surface area contributed by atoms with Crippen LogP contribution in [0.25, 0.3) is 5.65 Å². The van der Waals surface area contributed by atoms with E-state index in [1.807, 2.05) is 31.4 Å². The molecule has 0 atom stereocenters. The van der Waals surface area contributed by atoms with Crippen LogP contribution in [0, 0.1) is 0 Å². The molecule has 2 saturated heterocycles. The number of nitrogens with zero attached hydrogens (tertiary/aromatic N) is 2. The summed E-state index contributed by atoms with van der Waals surface area (Å²) in [6.45, 7) is 7.05. The van der Waals surface area contributed by atoms with Crippen molar-refractivity contribution in [3.05, 3.63) is 29.7 Å². The standard InChI is InChI=1S/C19H24N2O5/c1-5-24-19-9-18(10-19,11-25-19)15-8-21-7-13(17(22)23-4)14(26-12(2)3)6-16(21)20-15/h6-8,12H,5,9-11H2,1-4H3. The molecule has 140 valence electrons. The average Bonchev–Trinajstić information content (AvgIpc) is 3.24. The highest BCUT2D eigenvalue weighted by Crippen LogP contribution is 2.59. The zero-order valence-corrected chi connectivity index (χ0v) is 15.6. The maximum atomic E-state index is 12.1. The van der Waals surface area contributed by atoms with Gasteiger partial charge in [0.05, 0.1) is 25.5 Å². The summed E-state index contributed by atoms with van der Waals surface area (Å²) < 4.78 is 24.2. The van der Waals surface area contributed by atoms with Crippen LogP contribution in [0.5, 0.6) is 5.75 Å². The molecule has 0 spiro atoms. The van der Waals surface area contributed by atoms with Gasteiger partial charge in [-0.1, -0.05) is 0 Å². The molecule has 0 unspecified atom stereocenters. The summed E-state index contributed by atoms with van der Waals surface area (Å²) in [7, 11) is 1.36. The first kappa shape index (κ1) is 17.3. The van der Waals surface area contributed by atoms with E-state index in [9.17, 15) is 4.79 Å². The Hall–Kier alpha value is -2.12. The largest absolute Gasteiger partial charge is 0.490 e. The summed E-state index contributed by atoms with van der Waals surface area (Å²) >= 11 is 0. The van der Waals surface area contributed by atoms with Crippen molar-refractivity contribution < 1.29 is 23.7 Å². The number of hydrogen-bond acceptors (Lipinski definition) is 6. The Balaban J connectivity index is 1.71. The van der Waals surface area contributed by atoms with Crippen molar-refractivity contribution in [1.29, 1.82) is 0 Å². The Morgan fingerprint density at radius 1 is 1.38 bits per heavy atom. The Kier molecular flexibility index (Phi) is 3.96. The van der Waals surface area contributed by atoms with Gasteiger partial charge in [0, 0.05) is 43.3 Å². The lowest BCUT2D eigenvalue weighted by atomic mass is 9.66. The smallest absolute Gasteiger partial charge is 0.343 e. The Morgan fingerprint density at radius 2 is 2.15 bits per heavy atom. The van der Waals surface area contributed by atoms with Gasteiger partial charge in [0.25, 0.3) is 0 Å². The van der Waals surface area contributed by atoms with Crippen LogP contribution in [0.2, 0.25) is 0 Å². The Morgan fingerprint density at radius 3 is 2.81 bits per heavy atom. The topological polar surface area (TPSA) is 71.3 Å². The summed E-state index contributed by atoms with van der Waals surface area (Å²) in [5.41, 5.74) is 1.97. The number of imidazole rings is 1. The molecule has 1 saturated carbocycles. The number of carbonyl (C=O) groups excluding carboxylic acids is 1. The minimum atomic E-state index is -0.437. The van der Waals surface area contributed by atoms with Crippen molar-refractivity contribution in [2.75, 3.05) is 20.3 Å². The lowest BCUT2D eigenvalue weighted by Gasteiger charge is -2.42. The molecule has 2 bridgehead atoms. The molecule has 2 aromatic rings. The zero-order chi connectivity index (χ0) is 18.5. The molecule has 3 aliphatic rings. The van der Waals surface area contributed by atoms with Gasteiger partial charge in [-0.3, -0.25) is 0 Å². The lowest BCUT2D eigenvalue weighted by Crippen LogP contribution is -2.48. The highest BCUT2D eigenvalue weighted by Gasteiger charge is 2.65. The fraction of sp³-hybridized carbons (Fsp3) is 0.579. The number of methoxy groups -OCH3 is 1. The predicted octanol–water partition coefficient (Wildman–Crippen LogP) is 2.70. The number of carbonyl (C=O) groups is 1. The van der Waals surface area contributed by atoms with Crippen molar-refractivity contribution >= 4 is 11.6 Å². The molecule has 2 aliphatic heterocycles. The third-order valence-corrected chi connectivity index (χ3v) is 5.10. The molecular formula is C19H24N2O5. The van der Waals surface area contributed by atoms with Gasteiger partial charge in [0.1, 0.15) is 17.0 Å². The molecule has 3 fully saturated rings. The molecule has 7 heteroatoms. The number of hydrogen-bond donors (Lipinski definition) is 0. The van der Waals surface area contributed by atoms with Crippen LogP contribution in [-0.4, -0.2) is 47.6 Å². The molecule has 0 amide bonds. The van der Waals surface area contributed by atoms with E-state index in [2.05, 4.69) is 0 Å². The van der Waals surface area contributed by atoms with E-state index in [1.54, 1.807) is 12.3 Å². The first-order chi connectivity index (χ1) is 12.4. The highest BCUT2D eigenvalue weighted by molar-refractivity contribution is 5.92. The molecule has 26 heavy (non-hydrogen) atoms. The first-order valence-electron chi connectivity index (χ1n) is 8.96. The van der Waals surface area contributed by atoms with E-state index in [-0.39, 0.29) is 11.5 Å². The number of ether oxygens (including phenoxy) is 4. The molecule has 0 N–H and O–H groups in total. The van der Waals surface area contributed by atoms with E-state index in [0.717, 1.165) is 24.2 Å². The van der Waals surface area contributed by atoms with E-state index >= 15 is 0 Å². The summed E-state index contributed by atoms with van der Waals surface area (Å²) in [5, 5.41) is 0. The molecule has 2 aromatic heterocycles. The molecule has 4 heterocycles. The molecular weight excluding hydrogens is 336 g/mol. The third-order valence-electron chi connectivity index (χ3n) is 5.10. The molecule has 0 aromatic carbocycles. The Bertz CT molecular complexity index is 851. The Labute approximate surface area is 152 Å². The first-order valence-corrected chi connectivity index (χ1v) is 8.96. The van der Waals surface area contributed by atoms with Crippen molar-refractivity contribution in [1.82, 2.24) is 9.38 Å². The molecule has 1 aliphatic carbocycles. The fourth-order valence-electron chi connectivity index (χ4n) is 4.00. The van der Waals surface area contributed by atoms with Crippen LogP contribution in [0.15, 0.2) is 18.5 Å². The summed E-state index contributed by atoms with van der Waals surface area (Å²) in [4.78, 5) is 16.9. The second-order valence-electron chi connectivity index (χ2n) is 7.37. The van der Waals surface area contributed by atoms with Gasteiger partial charge in [-0.15, -0.1) is 0 Å². The number of rotatable bonds is 6. The number of pyridine rings is 1. The van der Waals surface area contributed by atoms with Crippen LogP contribution < -0.4 is 4.74 Å². The minimum absolute atomic E-state index is 0.0597. The second-order valence-corrected chi connectivity index (χ2v) is 7.37. The van der Waals surface area contributed by atoms with Gasteiger partial charge in [-0.2, -0.15) is 0 Å². The van der Waals surface area contributed by atoms with E-state index in [0.29, 0.717) is 24.5 Å². The van der Waals surface area contributed by atoms with Crippen LogP contribution in [0.4, 0.5) is 0 Å². The van der Waals surface area contributed by atoms with Gasteiger partial charge in [0.2, 0.25) is 0 Å². The number of aromatic nitrogens is 2. The zero-order valence-electron chi connectivity index (χ0n) is 15.6. The predicted molar refractivity (Wildman–Crippen MR) is 93.5 cm³/mol. The van der Waals surface area contributed by atoms with Crippen molar-refractivity contribution in [3.63, 3.8) is 0 Å². The van der Waals surface area contributed by atoms with Gasteiger partial charge in [-0.25, -0.2) is 9.78 Å². The van der Waals surface area contributed by atoms with Crippen molar-refractivity contribution in [2.45, 2.75) is 50.9 Å². The van der Waals surface area contributed by atoms with E-state index < -0.39 is 11.8 Å². The normalized spacial score (nSPS) is 27.0. The van der Waals surface area contributed by atoms with Crippen molar-refractivity contribution in [3.8, 4) is 5.75 Å². The fourth-order valence-corrected chi connectivity index (χ4v) is 4.00. The maximum Gasteiger partial charge on any atom is 0.343 e. The van der Waals surface area contributed by atoms with Crippen molar-refractivity contribution in [2.24, 2.45) is 0 Å². The average molecular weight is 360 g/mol. The SMILES string of the molecule is CCOC12CC(c3cn4cc(C(=O)OC)c(OC(C)C)cc4n3)(CO1)C2. The monoisotopic (exact) mass is 360 g/mol. The van der Waals surface area contributed by atoms with E-state index in [1.165, 1.54) is 7.11 Å². The summed E-state index contributed by atoms with van der Waals surface area (Å²) in [5.74, 6) is -0.388. The lowest BCUT2D eigenvalue weighted by molar-refractivity contribution is -0.223. The van der Waals surface area contributed by atoms with Gasteiger partial charge < -0.3 is 23.3 Å². The quantitative estimate of drug-likeness (QED) is 0.738. The molecule has 0 radical (unpaired) electrons. The number of esters is 1. The second kappa shape index (κ2) is 5.96. The maximum absolute atomic E-state index is 12.1. The molecule has 7 nitrogen and oxygen atoms in total. The summed E-state index contributed by atoms with van der Waals surface area (Å²) in [6, 6.07) is 1.79. The summed E-state index contributed by atoms with van der Waals surface area (Å²) in [6.07, 6.45) is 5.26. The van der Waals surface area contributed by atoms with Crippen LogP contribution in [0.1, 0.15) is 49.7 Å². The van der Waals surface area contributed by atoms with Gasteiger partial charge in [-0.05, 0) is 20.8 Å². The van der Waals surface area contributed by atoms with Gasteiger partial charge >= 0.3 is 5.97 Å². The number of fused-ring (bicyclic) bond motifs is 2. The third kappa shape index (κ3) is 2.57. The van der Waals surface area contributed by atoms with Crippen LogP contribution in [0.3, 0.4) is 0 Å². The van der Waals surface area contributed by atoms with Crippen LogP contribution >= 0.6 is 0 Å². The minimum Gasteiger partial charge on any atom is -0.490 e.